The van der Waals surface area contributed by atoms with E-state index in [1.807, 2.05) is 13.8 Å². The summed E-state index contributed by atoms with van der Waals surface area (Å²) in [7, 11) is 0. The summed E-state index contributed by atoms with van der Waals surface area (Å²) in [6, 6.07) is 5.16. The fourth-order valence-corrected chi connectivity index (χ4v) is 2.86. The highest BCUT2D eigenvalue weighted by atomic mass is 35.5. The van der Waals surface area contributed by atoms with E-state index in [0.29, 0.717) is 35.7 Å². The van der Waals surface area contributed by atoms with Gasteiger partial charge in [-0.15, -0.1) is 0 Å². The van der Waals surface area contributed by atoms with Crippen LogP contribution < -0.4 is 10.1 Å². The van der Waals surface area contributed by atoms with Gasteiger partial charge in [-0.05, 0) is 45.2 Å². The second-order valence-electron chi connectivity index (χ2n) is 5.82. The van der Waals surface area contributed by atoms with E-state index in [1.54, 1.807) is 18.2 Å². The maximum absolute atomic E-state index is 12.3. The molecule has 5 nitrogen and oxygen atoms in total. The summed E-state index contributed by atoms with van der Waals surface area (Å²) in [6.07, 6.45) is 1.43. The molecule has 0 bridgehead atoms. The number of anilines is 1. The lowest BCUT2D eigenvalue weighted by Crippen LogP contribution is -2.22. The number of carbonyl (C=O) groups is 2. The van der Waals surface area contributed by atoms with Gasteiger partial charge in [-0.1, -0.05) is 17.7 Å². The van der Waals surface area contributed by atoms with Crippen LogP contribution in [-0.4, -0.2) is 23.1 Å². The van der Waals surface area contributed by atoms with Gasteiger partial charge in [0, 0.05) is 5.92 Å². The molecule has 1 fully saturated rings. The molecule has 120 valence electrons. The maximum Gasteiger partial charge on any atom is 0.306 e. The molecule has 0 unspecified atom stereocenters. The Bertz CT molecular complexity index is 573. The highest BCUT2D eigenvalue weighted by molar-refractivity contribution is 6.32. The Kier molecular flexibility index (Phi) is 5.29. The van der Waals surface area contributed by atoms with E-state index in [4.69, 9.17) is 21.4 Å². The number of hydrogen-bond acceptors (Lipinski definition) is 3. The molecule has 6 heteroatoms. The lowest BCUT2D eigenvalue weighted by molar-refractivity contribution is -0.141. The van der Waals surface area contributed by atoms with Crippen molar-refractivity contribution in [3.63, 3.8) is 0 Å². The van der Waals surface area contributed by atoms with Gasteiger partial charge < -0.3 is 15.2 Å². The monoisotopic (exact) mass is 325 g/mol. The molecule has 0 aromatic heterocycles. The number of nitrogens with one attached hydrogen (secondary N) is 1. The summed E-state index contributed by atoms with van der Waals surface area (Å²) in [4.78, 5) is 23.3. The maximum atomic E-state index is 12.3. The SMILES string of the molecule is CC(C)Oc1c(Cl)cccc1NC(=O)[C@@H]1CC[C@H](C(=O)O)C1. The van der Waals surface area contributed by atoms with Crippen molar-refractivity contribution in [1.82, 2.24) is 0 Å². The Balaban J connectivity index is 2.09. The molecule has 1 amide bonds. The Labute approximate surface area is 134 Å². The van der Waals surface area contributed by atoms with Gasteiger partial charge in [0.25, 0.3) is 0 Å². The minimum absolute atomic E-state index is 0.0709. The van der Waals surface area contributed by atoms with Crippen molar-refractivity contribution >= 4 is 29.2 Å². The van der Waals surface area contributed by atoms with Gasteiger partial charge in [0.05, 0.1) is 22.7 Å². The van der Waals surface area contributed by atoms with E-state index in [1.165, 1.54) is 0 Å². The molecule has 0 saturated heterocycles. The third-order valence-electron chi connectivity index (χ3n) is 3.73. The molecule has 0 heterocycles. The van der Waals surface area contributed by atoms with Crippen LogP contribution in [0, 0.1) is 11.8 Å². The third kappa shape index (κ3) is 3.91. The lowest BCUT2D eigenvalue weighted by atomic mass is 10.0. The van der Waals surface area contributed by atoms with Crippen LogP contribution in [0.5, 0.6) is 5.75 Å². The standard InChI is InChI=1S/C16H20ClNO4/c1-9(2)22-14-12(17)4-3-5-13(14)18-15(19)10-6-7-11(8-10)16(20)21/h3-5,9-11H,6-8H2,1-2H3,(H,18,19)(H,20,21)/t10-,11+/m1/s1. The normalized spacial score (nSPS) is 20.9. The molecule has 2 N–H and O–H groups in total. The second-order valence-corrected chi connectivity index (χ2v) is 6.22. The largest absolute Gasteiger partial charge is 0.487 e. The molecule has 1 aromatic rings. The van der Waals surface area contributed by atoms with E-state index in [2.05, 4.69) is 5.32 Å². The number of carboxylic acid groups (broad SMARTS) is 1. The first-order chi connectivity index (χ1) is 10.4. The van der Waals surface area contributed by atoms with E-state index >= 15 is 0 Å². The zero-order valence-electron chi connectivity index (χ0n) is 12.6. The molecule has 2 rings (SSSR count). The van der Waals surface area contributed by atoms with Crippen molar-refractivity contribution in [3.8, 4) is 5.75 Å². The van der Waals surface area contributed by atoms with Gasteiger partial charge in [0.15, 0.2) is 5.75 Å². The zero-order chi connectivity index (χ0) is 16.3. The number of halogens is 1. The first kappa shape index (κ1) is 16.6. The van der Waals surface area contributed by atoms with Crippen LogP contribution in [0.4, 0.5) is 5.69 Å². The van der Waals surface area contributed by atoms with Gasteiger partial charge in [0.2, 0.25) is 5.91 Å². The summed E-state index contributed by atoms with van der Waals surface area (Å²) in [6.45, 7) is 3.76. The van der Waals surface area contributed by atoms with Crippen LogP contribution in [-0.2, 0) is 9.59 Å². The van der Waals surface area contributed by atoms with Crippen LogP contribution in [0.2, 0.25) is 5.02 Å². The van der Waals surface area contributed by atoms with Gasteiger partial charge in [-0.3, -0.25) is 9.59 Å². The third-order valence-corrected chi connectivity index (χ3v) is 4.03. The molecular weight excluding hydrogens is 306 g/mol. The molecule has 22 heavy (non-hydrogen) atoms. The fourth-order valence-electron chi connectivity index (χ4n) is 2.64. The number of rotatable bonds is 5. The summed E-state index contributed by atoms with van der Waals surface area (Å²) in [5.74, 6) is -1.28. The molecule has 0 radical (unpaired) electrons. The van der Waals surface area contributed by atoms with Crippen molar-refractivity contribution < 1.29 is 19.4 Å². The molecule has 1 aromatic carbocycles. The number of aliphatic carboxylic acids is 1. The molecule has 2 atom stereocenters. The average Bonchev–Trinajstić information content (AvgIpc) is 2.92. The van der Waals surface area contributed by atoms with Crippen LogP contribution in [0.15, 0.2) is 18.2 Å². The molecule has 1 aliphatic carbocycles. The van der Waals surface area contributed by atoms with Crippen LogP contribution in [0.1, 0.15) is 33.1 Å². The van der Waals surface area contributed by atoms with E-state index in [9.17, 15) is 9.59 Å². The topological polar surface area (TPSA) is 75.6 Å². The predicted molar refractivity (Wildman–Crippen MR) is 84.3 cm³/mol. The second kappa shape index (κ2) is 7.01. The van der Waals surface area contributed by atoms with E-state index in [-0.39, 0.29) is 17.9 Å². The van der Waals surface area contributed by atoms with Crippen molar-refractivity contribution in [2.45, 2.75) is 39.2 Å². The van der Waals surface area contributed by atoms with Gasteiger partial charge in [-0.25, -0.2) is 0 Å². The highest BCUT2D eigenvalue weighted by Crippen LogP contribution is 2.36. The molecule has 1 saturated carbocycles. The van der Waals surface area contributed by atoms with Crippen molar-refractivity contribution in [3.05, 3.63) is 23.2 Å². The summed E-state index contributed by atoms with van der Waals surface area (Å²) >= 11 is 6.13. The van der Waals surface area contributed by atoms with E-state index in [0.717, 1.165) is 0 Å². The summed E-state index contributed by atoms with van der Waals surface area (Å²) in [5, 5.41) is 12.3. The number of carbonyl (C=O) groups excluding carboxylic acids is 1. The molecule has 0 aliphatic heterocycles. The minimum Gasteiger partial charge on any atom is -0.487 e. The quantitative estimate of drug-likeness (QED) is 0.867. The first-order valence-corrected chi connectivity index (χ1v) is 7.75. The Morgan fingerprint density at radius 1 is 1.32 bits per heavy atom. The van der Waals surface area contributed by atoms with Gasteiger partial charge >= 0.3 is 5.97 Å². The van der Waals surface area contributed by atoms with Crippen molar-refractivity contribution in [1.29, 1.82) is 0 Å². The minimum atomic E-state index is -0.832. The fraction of sp³-hybridized carbons (Fsp3) is 0.500. The zero-order valence-corrected chi connectivity index (χ0v) is 13.4. The average molecular weight is 326 g/mol. The Morgan fingerprint density at radius 2 is 2.00 bits per heavy atom. The summed E-state index contributed by atoms with van der Waals surface area (Å²) < 4.78 is 5.66. The van der Waals surface area contributed by atoms with Crippen LogP contribution >= 0.6 is 11.6 Å². The van der Waals surface area contributed by atoms with Crippen molar-refractivity contribution in [2.24, 2.45) is 11.8 Å². The smallest absolute Gasteiger partial charge is 0.306 e. The van der Waals surface area contributed by atoms with Crippen molar-refractivity contribution in [2.75, 3.05) is 5.32 Å². The summed E-state index contributed by atoms with van der Waals surface area (Å²) in [5.41, 5.74) is 0.518. The number of carboxylic acids is 1. The highest BCUT2D eigenvalue weighted by Gasteiger charge is 2.34. The molecule has 0 spiro atoms. The Hall–Kier alpha value is -1.75. The Morgan fingerprint density at radius 3 is 2.59 bits per heavy atom. The predicted octanol–water partition coefficient (Wildman–Crippen LogP) is 3.57. The number of ether oxygens (including phenoxy) is 1. The first-order valence-electron chi connectivity index (χ1n) is 7.37. The lowest BCUT2D eigenvalue weighted by Gasteiger charge is -2.17. The molecule has 1 aliphatic rings. The molecular formula is C16H20ClNO4. The van der Waals surface area contributed by atoms with E-state index < -0.39 is 11.9 Å². The van der Waals surface area contributed by atoms with Crippen LogP contribution in [0.25, 0.3) is 0 Å². The van der Waals surface area contributed by atoms with Crippen LogP contribution in [0.3, 0.4) is 0 Å². The number of amides is 1. The van der Waals surface area contributed by atoms with Gasteiger partial charge in [0.1, 0.15) is 0 Å². The number of para-hydroxylation sites is 1. The van der Waals surface area contributed by atoms with Gasteiger partial charge in [-0.2, -0.15) is 0 Å². The number of benzene rings is 1. The number of hydrogen-bond donors (Lipinski definition) is 2.